The molecule has 0 aliphatic rings. The van der Waals surface area contributed by atoms with Crippen LogP contribution in [-0.2, 0) is 13.1 Å². The van der Waals surface area contributed by atoms with Crippen LogP contribution in [0, 0.1) is 20.8 Å². The third-order valence-electron chi connectivity index (χ3n) is 4.28. The zero-order chi connectivity index (χ0) is 17.0. The zero-order valence-corrected chi connectivity index (χ0v) is 15.9. The number of aliphatic hydroxyl groups is 1. The van der Waals surface area contributed by atoms with Gasteiger partial charge in [-0.2, -0.15) is 5.10 Å². The number of aliphatic hydroxyl groups excluding tert-OH is 1. The number of ether oxygens (including phenoxy) is 1. The average Bonchev–Trinajstić information content (AvgIpc) is 2.79. The second kappa shape index (κ2) is 9.06. The van der Waals surface area contributed by atoms with E-state index in [2.05, 4.69) is 36.4 Å². The third-order valence-corrected chi connectivity index (χ3v) is 4.28. The van der Waals surface area contributed by atoms with Crippen molar-refractivity contribution in [2.24, 2.45) is 0 Å². The fraction of sp³-hybridized carbons (Fsp3) is 0.500. The van der Waals surface area contributed by atoms with Gasteiger partial charge in [-0.1, -0.05) is 17.7 Å². The van der Waals surface area contributed by atoms with Crippen molar-refractivity contribution in [3.63, 3.8) is 0 Å². The quantitative estimate of drug-likeness (QED) is 0.803. The Balaban J connectivity index is 0.00000288. The van der Waals surface area contributed by atoms with Crippen LogP contribution in [0.5, 0.6) is 5.75 Å². The maximum absolute atomic E-state index is 9.10. The van der Waals surface area contributed by atoms with Gasteiger partial charge in [-0.25, -0.2) is 0 Å². The molecule has 2 N–H and O–H groups in total. The molecule has 0 saturated carbocycles. The lowest BCUT2D eigenvalue weighted by Crippen LogP contribution is -2.19. The topological polar surface area (TPSA) is 59.3 Å². The molecule has 6 heteroatoms. The molecular weight excluding hydrogens is 326 g/mol. The van der Waals surface area contributed by atoms with Crippen molar-refractivity contribution in [1.82, 2.24) is 15.1 Å². The summed E-state index contributed by atoms with van der Waals surface area (Å²) in [5.41, 5.74) is 5.68. The molecule has 0 spiro atoms. The van der Waals surface area contributed by atoms with Crippen molar-refractivity contribution < 1.29 is 9.84 Å². The van der Waals surface area contributed by atoms with E-state index >= 15 is 0 Å². The molecule has 1 atom stereocenters. The van der Waals surface area contributed by atoms with Crippen LogP contribution < -0.4 is 10.1 Å². The Morgan fingerprint density at radius 1 is 1.29 bits per heavy atom. The van der Waals surface area contributed by atoms with E-state index in [0.29, 0.717) is 6.54 Å². The Morgan fingerprint density at radius 3 is 2.62 bits per heavy atom. The van der Waals surface area contributed by atoms with E-state index in [0.717, 1.165) is 29.2 Å². The number of hydrogen-bond donors (Lipinski definition) is 2. The molecule has 0 saturated heterocycles. The van der Waals surface area contributed by atoms with E-state index in [1.54, 1.807) is 7.11 Å². The lowest BCUT2D eigenvalue weighted by molar-refractivity contribution is 0.267. The Bertz CT molecular complexity index is 671. The highest BCUT2D eigenvalue weighted by Gasteiger charge is 2.15. The Labute approximate surface area is 150 Å². The third kappa shape index (κ3) is 4.50. The number of aryl methyl sites for hydroxylation is 2. The first-order valence-electron chi connectivity index (χ1n) is 7.99. The smallest absolute Gasteiger partial charge is 0.123 e. The molecule has 1 unspecified atom stereocenters. The van der Waals surface area contributed by atoms with Crippen LogP contribution in [-0.4, -0.2) is 28.6 Å². The van der Waals surface area contributed by atoms with Crippen molar-refractivity contribution in [3.8, 4) is 5.75 Å². The van der Waals surface area contributed by atoms with E-state index in [1.807, 2.05) is 24.6 Å². The van der Waals surface area contributed by atoms with Gasteiger partial charge in [0.2, 0.25) is 0 Å². The maximum atomic E-state index is 9.10. The summed E-state index contributed by atoms with van der Waals surface area (Å²) in [4.78, 5) is 0. The summed E-state index contributed by atoms with van der Waals surface area (Å²) in [6.45, 7) is 9.66. The summed E-state index contributed by atoms with van der Waals surface area (Å²) in [7, 11) is 1.70. The molecule has 0 aliphatic carbocycles. The molecule has 5 nitrogen and oxygen atoms in total. The highest BCUT2D eigenvalue weighted by atomic mass is 35.5. The van der Waals surface area contributed by atoms with E-state index in [1.165, 1.54) is 11.1 Å². The van der Waals surface area contributed by atoms with Gasteiger partial charge in [0, 0.05) is 29.4 Å². The van der Waals surface area contributed by atoms with Gasteiger partial charge in [0.25, 0.3) is 0 Å². The highest BCUT2D eigenvalue weighted by molar-refractivity contribution is 5.85. The molecule has 0 fully saturated rings. The minimum absolute atomic E-state index is 0. The second-order valence-electron chi connectivity index (χ2n) is 5.94. The summed E-state index contributed by atoms with van der Waals surface area (Å²) in [6.07, 6.45) is 0. The van der Waals surface area contributed by atoms with Crippen LogP contribution in [0.2, 0.25) is 0 Å². The van der Waals surface area contributed by atoms with Gasteiger partial charge in [0.05, 0.1) is 26.0 Å². The van der Waals surface area contributed by atoms with E-state index in [9.17, 15) is 0 Å². The molecule has 1 aromatic carbocycles. The van der Waals surface area contributed by atoms with Crippen molar-refractivity contribution in [1.29, 1.82) is 0 Å². The standard InChI is InChI=1S/C18H27N3O2.ClH/c1-12-6-7-18(23-5)16(10-12)13(2)19-11-17-14(3)20-21(8-9-22)15(17)4;/h6-7,10,13,19,22H,8-9,11H2,1-5H3;1H. The summed E-state index contributed by atoms with van der Waals surface area (Å²) < 4.78 is 7.34. The van der Waals surface area contributed by atoms with Gasteiger partial charge in [-0.05, 0) is 33.8 Å². The van der Waals surface area contributed by atoms with Crippen LogP contribution in [0.25, 0.3) is 0 Å². The summed E-state index contributed by atoms with van der Waals surface area (Å²) in [5, 5.41) is 17.2. The lowest BCUT2D eigenvalue weighted by Gasteiger charge is -2.18. The van der Waals surface area contributed by atoms with Crippen LogP contribution in [0.4, 0.5) is 0 Å². The summed E-state index contributed by atoms with van der Waals surface area (Å²) in [6, 6.07) is 6.40. The molecule has 24 heavy (non-hydrogen) atoms. The number of hydrogen-bond acceptors (Lipinski definition) is 4. The van der Waals surface area contributed by atoms with E-state index in [4.69, 9.17) is 9.84 Å². The molecule has 0 aliphatic heterocycles. The van der Waals surface area contributed by atoms with Gasteiger partial charge < -0.3 is 15.2 Å². The van der Waals surface area contributed by atoms with Gasteiger partial charge >= 0.3 is 0 Å². The largest absolute Gasteiger partial charge is 0.496 e. The fourth-order valence-corrected chi connectivity index (χ4v) is 2.86. The fourth-order valence-electron chi connectivity index (χ4n) is 2.86. The van der Waals surface area contributed by atoms with Gasteiger partial charge in [-0.3, -0.25) is 4.68 Å². The normalized spacial score (nSPS) is 11.9. The van der Waals surface area contributed by atoms with Gasteiger partial charge in [0.1, 0.15) is 5.75 Å². The zero-order valence-electron chi connectivity index (χ0n) is 15.1. The summed E-state index contributed by atoms with van der Waals surface area (Å²) >= 11 is 0. The van der Waals surface area contributed by atoms with Crippen molar-refractivity contribution >= 4 is 12.4 Å². The first kappa shape index (κ1) is 20.5. The lowest BCUT2D eigenvalue weighted by atomic mass is 10.0. The molecule has 0 amide bonds. The molecule has 2 aromatic rings. The Kier molecular flexibility index (Phi) is 7.73. The van der Waals surface area contributed by atoms with Crippen molar-refractivity contribution in [3.05, 3.63) is 46.3 Å². The van der Waals surface area contributed by atoms with Crippen molar-refractivity contribution in [2.75, 3.05) is 13.7 Å². The number of nitrogens with one attached hydrogen (secondary N) is 1. The van der Waals surface area contributed by atoms with Crippen LogP contribution in [0.15, 0.2) is 18.2 Å². The van der Waals surface area contributed by atoms with E-state index in [-0.39, 0.29) is 25.1 Å². The molecular formula is C18H28ClN3O2. The number of halogens is 1. The Morgan fingerprint density at radius 2 is 2.00 bits per heavy atom. The van der Waals surface area contributed by atoms with Crippen LogP contribution in [0.3, 0.4) is 0 Å². The van der Waals surface area contributed by atoms with Gasteiger partial charge in [0.15, 0.2) is 0 Å². The molecule has 134 valence electrons. The SMILES string of the molecule is COc1ccc(C)cc1C(C)NCc1c(C)nn(CCO)c1C.Cl. The Hall–Kier alpha value is -1.56. The van der Waals surface area contributed by atoms with Gasteiger partial charge in [-0.15, -0.1) is 12.4 Å². The van der Waals surface area contributed by atoms with E-state index < -0.39 is 0 Å². The van der Waals surface area contributed by atoms with Crippen molar-refractivity contribution in [2.45, 2.75) is 46.8 Å². The predicted octanol–water partition coefficient (Wildman–Crippen LogP) is 3.08. The van der Waals surface area contributed by atoms with Crippen LogP contribution >= 0.6 is 12.4 Å². The summed E-state index contributed by atoms with van der Waals surface area (Å²) in [5.74, 6) is 0.903. The predicted molar refractivity (Wildman–Crippen MR) is 99.0 cm³/mol. The molecule has 2 rings (SSSR count). The molecule has 1 heterocycles. The maximum Gasteiger partial charge on any atom is 0.123 e. The van der Waals surface area contributed by atoms with Crippen LogP contribution in [0.1, 0.15) is 41.0 Å². The molecule has 0 bridgehead atoms. The average molecular weight is 354 g/mol. The number of aromatic nitrogens is 2. The second-order valence-corrected chi connectivity index (χ2v) is 5.94. The monoisotopic (exact) mass is 353 g/mol. The number of methoxy groups -OCH3 is 1. The minimum atomic E-state index is 0. The molecule has 0 radical (unpaired) electrons. The minimum Gasteiger partial charge on any atom is -0.496 e. The first-order chi connectivity index (χ1) is 11.0. The number of benzene rings is 1. The highest BCUT2D eigenvalue weighted by Crippen LogP contribution is 2.26. The molecule has 1 aromatic heterocycles. The number of nitrogens with zero attached hydrogens (tertiary/aromatic N) is 2. The first-order valence-corrected chi connectivity index (χ1v) is 7.99. The number of rotatable bonds is 7.